The molecule has 0 fully saturated rings. The van der Waals surface area contributed by atoms with E-state index in [0.717, 1.165) is 0 Å². The highest BCUT2D eigenvalue weighted by Gasteiger charge is 2.34. The molecule has 0 spiro atoms. The van der Waals surface area contributed by atoms with Crippen molar-refractivity contribution in [1.29, 1.82) is 0 Å². The fraction of sp³-hybridized carbons (Fsp3) is 0.312. The third-order valence-electron chi connectivity index (χ3n) is 7.16. The Morgan fingerprint density at radius 1 is 0.524 bits per heavy atom. The van der Waals surface area contributed by atoms with Crippen molar-refractivity contribution < 1.29 is 18.9 Å². The van der Waals surface area contributed by atoms with Gasteiger partial charge in [-0.1, -0.05) is 24.3 Å². The fourth-order valence-corrected chi connectivity index (χ4v) is 12.8. The van der Waals surface area contributed by atoms with E-state index in [1.165, 1.54) is 68.9 Å². The Kier molecular flexibility index (Phi) is 9.07. The van der Waals surface area contributed by atoms with Gasteiger partial charge in [0.15, 0.2) is 18.8 Å². The molecule has 216 valence electrons. The monoisotopic (exact) mass is 670 g/mol. The average Bonchev–Trinajstić information content (AvgIpc) is 3.76. The molecule has 6 aromatic rings. The Morgan fingerprint density at radius 3 is 1.36 bits per heavy atom. The van der Waals surface area contributed by atoms with Crippen LogP contribution in [0.1, 0.15) is 20.9 Å². The largest absolute Gasteiger partial charge is 0.377 e. The first kappa shape index (κ1) is 29.0. The Bertz CT molecular complexity index is 1640. The maximum Gasteiger partial charge on any atom is 0.296 e. The van der Waals surface area contributed by atoms with E-state index in [-0.39, 0.29) is 0 Å². The van der Waals surface area contributed by atoms with Crippen molar-refractivity contribution in [2.24, 2.45) is 0 Å². The van der Waals surface area contributed by atoms with Gasteiger partial charge in [0.25, 0.3) is 8.38 Å². The molecule has 0 bridgehead atoms. The predicted octanol–water partition coefficient (Wildman–Crippen LogP) is 10.6. The van der Waals surface area contributed by atoms with E-state index in [1.807, 2.05) is 68.0 Å². The van der Waals surface area contributed by atoms with Gasteiger partial charge in [-0.05, 0) is 38.1 Å². The smallest absolute Gasteiger partial charge is 0.296 e. The number of aryl methyl sites for hydroxylation is 2. The molecule has 4 aromatic heterocycles. The van der Waals surface area contributed by atoms with Crippen molar-refractivity contribution >= 4 is 86.8 Å². The van der Waals surface area contributed by atoms with Crippen LogP contribution in [-0.2, 0) is 32.2 Å². The van der Waals surface area contributed by atoms with E-state index in [2.05, 4.69) is 62.4 Å². The van der Waals surface area contributed by atoms with Crippen LogP contribution in [0.15, 0.2) is 48.5 Å². The van der Waals surface area contributed by atoms with Crippen molar-refractivity contribution in [3.8, 4) is 29.3 Å². The van der Waals surface area contributed by atoms with Crippen molar-refractivity contribution in [1.82, 2.24) is 0 Å². The lowest BCUT2D eigenvalue weighted by Gasteiger charge is -2.13. The van der Waals surface area contributed by atoms with Gasteiger partial charge in [-0.25, -0.2) is 0 Å². The standard InChI is InChI=1S/C32H30O4S6/c1-19-21-17-35-15-13-33-11-12-34-14-16-36-18-22-20(2)38-30(32-41-25-9-5-6-10-26(25)42-32)28(22)27(21)29(37-19)31-39-23-7-3-4-8-24(23)40-31/h3-10H,11-18H2,1-2H3/q+2. The maximum atomic E-state index is 6.29. The molecule has 0 N–H and O–H groups in total. The summed E-state index contributed by atoms with van der Waals surface area (Å²) >= 11 is 11.4. The van der Waals surface area contributed by atoms with Crippen LogP contribution in [-0.4, -0.2) is 39.6 Å². The highest BCUT2D eigenvalue weighted by atomic mass is 32.2. The van der Waals surface area contributed by atoms with Crippen molar-refractivity contribution in [2.75, 3.05) is 39.6 Å². The van der Waals surface area contributed by atoms with Crippen LogP contribution in [0.3, 0.4) is 0 Å². The van der Waals surface area contributed by atoms with Gasteiger partial charge >= 0.3 is 0 Å². The first-order valence-electron chi connectivity index (χ1n) is 13.9. The summed E-state index contributed by atoms with van der Waals surface area (Å²) in [5.74, 6) is 0. The quantitative estimate of drug-likeness (QED) is 0.172. The van der Waals surface area contributed by atoms with Gasteiger partial charge in [0.1, 0.15) is 9.75 Å². The zero-order chi connectivity index (χ0) is 28.5. The number of thiophene rings is 2. The minimum Gasteiger partial charge on any atom is -0.377 e. The fourth-order valence-electron chi connectivity index (χ4n) is 5.09. The lowest BCUT2D eigenvalue weighted by atomic mass is 9.96. The molecule has 1 aliphatic heterocycles. The van der Waals surface area contributed by atoms with Crippen LogP contribution in [0.4, 0.5) is 0 Å². The third-order valence-corrected chi connectivity index (χ3v) is 15.1. The first-order chi connectivity index (χ1) is 20.7. The third kappa shape index (κ3) is 5.87. The van der Waals surface area contributed by atoms with E-state index in [1.54, 1.807) is 0 Å². The first-order valence-corrected chi connectivity index (χ1v) is 18.8. The molecule has 7 rings (SSSR count). The zero-order valence-corrected chi connectivity index (χ0v) is 28.3. The van der Waals surface area contributed by atoms with Gasteiger partial charge in [0, 0.05) is 32.0 Å². The van der Waals surface area contributed by atoms with Crippen molar-refractivity contribution in [3.63, 3.8) is 0 Å². The molecule has 0 radical (unpaired) electrons. The summed E-state index contributed by atoms with van der Waals surface area (Å²) in [7, 11) is 0. The number of hydrogen-bond donors (Lipinski definition) is 0. The van der Waals surface area contributed by atoms with Crippen LogP contribution in [0.25, 0.3) is 48.1 Å². The zero-order valence-electron chi connectivity index (χ0n) is 23.4. The molecule has 0 unspecified atom stereocenters. The highest BCUT2D eigenvalue weighted by molar-refractivity contribution is 7.46. The number of rotatable bonds is 2. The summed E-state index contributed by atoms with van der Waals surface area (Å²) in [6.07, 6.45) is 0. The van der Waals surface area contributed by atoms with E-state index in [4.69, 9.17) is 18.9 Å². The molecule has 0 atom stereocenters. The van der Waals surface area contributed by atoms with Gasteiger partial charge in [0.2, 0.25) is 0 Å². The Balaban J connectivity index is 1.45. The Labute approximate surface area is 269 Å². The molecule has 1 aliphatic rings. The molecule has 10 heteroatoms. The Morgan fingerprint density at radius 2 is 0.929 bits per heavy atom. The molecule has 0 saturated carbocycles. The second-order valence-electron chi connectivity index (χ2n) is 9.89. The second-order valence-corrected chi connectivity index (χ2v) is 17.1. The number of benzene rings is 2. The van der Waals surface area contributed by atoms with Gasteiger partial charge < -0.3 is 18.9 Å². The molecule has 0 amide bonds. The Hall–Kier alpha value is -1.70. The molecule has 4 nitrogen and oxygen atoms in total. The van der Waals surface area contributed by atoms with Gasteiger partial charge in [-0.15, -0.1) is 22.7 Å². The van der Waals surface area contributed by atoms with E-state index >= 15 is 0 Å². The van der Waals surface area contributed by atoms with Crippen LogP contribution >= 0.6 is 68.0 Å². The molecular weight excluding hydrogens is 641 g/mol. The van der Waals surface area contributed by atoms with Gasteiger partial charge in [-0.3, -0.25) is 0 Å². The van der Waals surface area contributed by atoms with Crippen LogP contribution in [0.5, 0.6) is 0 Å². The number of fused-ring (bicyclic) bond motifs is 5. The summed E-state index contributed by atoms with van der Waals surface area (Å²) in [4.78, 5) is 5.29. The minimum atomic E-state index is 0.553. The maximum absolute atomic E-state index is 6.29. The van der Waals surface area contributed by atoms with Crippen LogP contribution < -0.4 is 0 Å². The van der Waals surface area contributed by atoms with Gasteiger partial charge in [-0.2, -0.15) is 0 Å². The van der Waals surface area contributed by atoms with E-state index in [9.17, 15) is 0 Å². The summed E-state index contributed by atoms with van der Waals surface area (Å²) in [6, 6.07) is 17.5. The van der Waals surface area contributed by atoms with E-state index in [0.29, 0.717) is 52.9 Å². The normalized spacial score (nSPS) is 15.7. The minimum absolute atomic E-state index is 0.553. The van der Waals surface area contributed by atoms with Crippen molar-refractivity contribution in [2.45, 2.75) is 27.1 Å². The highest BCUT2D eigenvalue weighted by Crippen LogP contribution is 2.55. The van der Waals surface area contributed by atoms with Crippen LogP contribution in [0.2, 0.25) is 0 Å². The molecule has 42 heavy (non-hydrogen) atoms. The molecule has 0 aliphatic carbocycles. The molecule has 0 saturated heterocycles. The summed E-state index contributed by atoms with van der Waals surface area (Å²) in [6.45, 7) is 8.96. The summed E-state index contributed by atoms with van der Waals surface area (Å²) in [5, 5.41) is 0. The average molecular weight is 671 g/mol. The van der Waals surface area contributed by atoms with Crippen LogP contribution in [0, 0.1) is 13.8 Å². The predicted molar refractivity (Wildman–Crippen MR) is 184 cm³/mol. The van der Waals surface area contributed by atoms with Gasteiger partial charge in [0.05, 0.1) is 98.2 Å². The number of ether oxygens (including phenoxy) is 4. The molecular formula is C32H30O4S6+2. The molecule has 2 aromatic carbocycles. The lowest BCUT2D eigenvalue weighted by Crippen LogP contribution is -2.12. The molecule has 5 heterocycles. The lowest BCUT2D eigenvalue weighted by molar-refractivity contribution is -0.00635. The topological polar surface area (TPSA) is 36.9 Å². The summed E-state index contributed by atoms with van der Waals surface area (Å²) < 4.78 is 32.1. The SMILES string of the molecule is Cc1sc(-c2sc3ccccc3[s+]2)c2c1COCCOCCOCCOCc1c(C)sc(-c3sc4ccccc4[s+]3)c1-2. The van der Waals surface area contributed by atoms with Crippen molar-refractivity contribution in [3.05, 3.63) is 69.4 Å². The number of hydrogen-bond acceptors (Lipinski definition) is 8. The summed E-state index contributed by atoms with van der Waals surface area (Å²) in [5.41, 5.74) is 5.18. The van der Waals surface area contributed by atoms with E-state index < -0.39 is 0 Å². The second kappa shape index (κ2) is 13.1.